The topological polar surface area (TPSA) is 62.2 Å². The number of pyridine rings is 1. The first kappa shape index (κ1) is 13.2. The van der Waals surface area contributed by atoms with Crippen LogP contribution >= 0.6 is 0 Å². The summed E-state index contributed by atoms with van der Waals surface area (Å²) in [4.78, 5) is 15.3. The summed E-state index contributed by atoms with van der Waals surface area (Å²) in [6.07, 6.45) is 3.39. The van der Waals surface area contributed by atoms with Gasteiger partial charge in [-0.15, -0.1) is 0 Å². The van der Waals surface area contributed by atoms with Crippen LogP contribution in [0.4, 0.5) is 0 Å². The van der Waals surface area contributed by atoms with Gasteiger partial charge in [0.05, 0.1) is 0 Å². The van der Waals surface area contributed by atoms with E-state index in [-0.39, 0.29) is 0 Å². The van der Waals surface area contributed by atoms with Crippen molar-refractivity contribution in [2.24, 2.45) is 0 Å². The summed E-state index contributed by atoms with van der Waals surface area (Å²) < 4.78 is 0. The largest absolute Gasteiger partial charge is 0.480 e. The molecule has 0 radical (unpaired) electrons. The SMILES string of the molecule is Cc1cccc(C(NCc2ccncc2)C(=O)O)c1. The molecule has 2 aromatic rings. The van der Waals surface area contributed by atoms with E-state index in [1.165, 1.54) is 0 Å². The number of benzene rings is 1. The number of carboxylic acids is 1. The molecule has 0 saturated carbocycles. The van der Waals surface area contributed by atoms with Gasteiger partial charge in [0.1, 0.15) is 6.04 Å². The minimum absolute atomic E-state index is 0.493. The molecule has 19 heavy (non-hydrogen) atoms. The van der Waals surface area contributed by atoms with Gasteiger partial charge in [-0.2, -0.15) is 0 Å². The molecule has 0 aliphatic heterocycles. The molecule has 0 aliphatic carbocycles. The number of carboxylic acid groups (broad SMARTS) is 1. The summed E-state index contributed by atoms with van der Waals surface area (Å²) in [5.41, 5.74) is 2.82. The molecule has 4 heteroatoms. The number of nitrogens with one attached hydrogen (secondary N) is 1. The Bertz CT molecular complexity index is 555. The van der Waals surface area contributed by atoms with E-state index in [0.717, 1.165) is 16.7 Å². The first-order valence-electron chi connectivity index (χ1n) is 6.08. The summed E-state index contributed by atoms with van der Waals surface area (Å²) in [5, 5.41) is 12.4. The number of hydrogen-bond acceptors (Lipinski definition) is 3. The molecule has 98 valence electrons. The van der Waals surface area contributed by atoms with E-state index in [1.807, 2.05) is 43.3 Å². The summed E-state index contributed by atoms with van der Waals surface area (Å²) in [6, 6.07) is 10.6. The van der Waals surface area contributed by atoms with Gasteiger partial charge in [0.15, 0.2) is 0 Å². The lowest BCUT2D eigenvalue weighted by atomic mass is 10.0. The Morgan fingerprint density at radius 1 is 1.32 bits per heavy atom. The molecule has 2 N–H and O–H groups in total. The van der Waals surface area contributed by atoms with E-state index < -0.39 is 12.0 Å². The smallest absolute Gasteiger partial charge is 0.325 e. The number of hydrogen-bond donors (Lipinski definition) is 2. The third-order valence-electron chi connectivity index (χ3n) is 2.88. The van der Waals surface area contributed by atoms with Gasteiger partial charge in [-0.3, -0.25) is 15.1 Å². The molecule has 0 spiro atoms. The predicted octanol–water partition coefficient (Wildman–Crippen LogP) is 2.31. The van der Waals surface area contributed by atoms with Crippen molar-refractivity contribution < 1.29 is 9.90 Å². The third-order valence-corrected chi connectivity index (χ3v) is 2.88. The van der Waals surface area contributed by atoms with Crippen molar-refractivity contribution in [3.05, 3.63) is 65.5 Å². The van der Waals surface area contributed by atoms with Crippen LogP contribution in [0.15, 0.2) is 48.8 Å². The quantitative estimate of drug-likeness (QED) is 0.861. The number of nitrogens with zero attached hydrogens (tertiary/aromatic N) is 1. The standard InChI is InChI=1S/C15H16N2O2/c1-11-3-2-4-13(9-11)14(15(18)19)17-10-12-5-7-16-8-6-12/h2-9,14,17H,10H2,1H3,(H,18,19). The molecule has 0 amide bonds. The molecule has 2 rings (SSSR count). The average Bonchev–Trinajstić information content (AvgIpc) is 2.40. The number of carbonyl (C=O) groups is 1. The third kappa shape index (κ3) is 3.63. The fourth-order valence-electron chi connectivity index (χ4n) is 1.92. The molecule has 1 aromatic heterocycles. The maximum absolute atomic E-state index is 11.4. The Kier molecular flexibility index (Phi) is 4.26. The van der Waals surface area contributed by atoms with Gasteiger partial charge in [0.2, 0.25) is 0 Å². The molecule has 0 aliphatic rings. The Morgan fingerprint density at radius 2 is 2.05 bits per heavy atom. The van der Waals surface area contributed by atoms with Crippen LogP contribution in [0.1, 0.15) is 22.7 Å². The molecular weight excluding hydrogens is 240 g/mol. The molecule has 1 aromatic carbocycles. The van der Waals surface area contributed by atoms with Crippen molar-refractivity contribution in [3.8, 4) is 0 Å². The van der Waals surface area contributed by atoms with Crippen LogP contribution in [0.25, 0.3) is 0 Å². The van der Waals surface area contributed by atoms with E-state index in [1.54, 1.807) is 12.4 Å². The Hall–Kier alpha value is -2.20. The van der Waals surface area contributed by atoms with E-state index >= 15 is 0 Å². The maximum atomic E-state index is 11.4. The number of aryl methyl sites for hydroxylation is 1. The van der Waals surface area contributed by atoms with Crippen molar-refractivity contribution in [2.75, 3.05) is 0 Å². The monoisotopic (exact) mass is 256 g/mol. The highest BCUT2D eigenvalue weighted by molar-refractivity contribution is 5.75. The van der Waals surface area contributed by atoms with Gasteiger partial charge in [-0.1, -0.05) is 29.8 Å². The molecule has 1 atom stereocenters. The first-order valence-corrected chi connectivity index (χ1v) is 6.08. The molecule has 1 heterocycles. The van der Waals surface area contributed by atoms with Crippen LogP contribution in [-0.2, 0) is 11.3 Å². The zero-order valence-corrected chi connectivity index (χ0v) is 10.7. The van der Waals surface area contributed by atoms with Gasteiger partial charge < -0.3 is 5.11 Å². The summed E-state index contributed by atoms with van der Waals surface area (Å²) in [6.45, 7) is 2.44. The van der Waals surface area contributed by atoms with Crippen molar-refractivity contribution >= 4 is 5.97 Å². The minimum Gasteiger partial charge on any atom is -0.480 e. The Labute approximate surface area is 112 Å². The second-order valence-electron chi connectivity index (χ2n) is 4.42. The fraction of sp³-hybridized carbons (Fsp3) is 0.200. The van der Waals surface area contributed by atoms with Crippen molar-refractivity contribution in [2.45, 2.75) is 19.5 Å². The van der Waals surface area contributed by atoms with Crippen molar-refractivity contribution in [1.82, 2.24) is 10.3 Å². The maximum Gasteiger partial charge on any atom is 0.325 e. The highest BCUT2D eigenvalue weighted by Crippen LogP contribution is 2.15. The molecule has 1 unspecified atom stereocenters. The number of aromatic nitrogens is 1. The van der Waals surface area contributed by atoms with Gasteiger partial charge >= 0.3 is 5.97 Å². The Balaban J connectivity index is 2.11. The van der Waals surface area contributed by atoms with Crippen molar-refractivity contribution in [3.63, 3.8) is 0 Å². The molecular formula is C15H16N2O2. The summed E-state index contributed by atoms with van der Waals surface area (Å²) in [5.74, 6) is -0.875. The zero-order valence-electron chi connectivity index (χ0n) is 10.7. The van der Waals surface area contributed by atoms with Gasteiger partial charge in [0.25, 0.3) is 0 Å². The first-order chi connectivity index (χ1) is 9.16. The normalized spacial score (nSPS) is 12.1. The highest BCUT2D eigenvalue weighted by atomic mass is 16.4. The summed E-state index contributed by atoms with van der Waals surface area (Å²) >= 11 is 0. The predicted molar refractivity (Wildman–Crippen MR) is 72.6 cm³/mol. The summed E-state index contributed by atoms with van der Waals surface area (Å²) in [7, 11) is 0. The second-order valence-corrected chi connectivity index (χ2v) is 4.42. The second kappa shape index (κ2) is 6.11. The van der Waals surface area contributed by atoms with Gasteiger partial charge in [-0.25, -0.2) is 0 Å². The fourth-order valence-corrected chi connectivity index (χ4v) is 1.92. The average molecular weight is 256 g/mol. The van der Waals surface area contributed by atoms with E-state index in [9.17, 15) is 9.90 Å². The molecule has 0 saturated heterocycles. The van der Waals surface area contributed by atoms with Gasteiger partial charge in [-0.05, 0) is 30.2 Å². The van der Waals surface area contributed by atoms with Crippen LogP contribution in [0.5, 0.6) is 0 Å². The number of rotatable bonds is 5. The lowest BCUT2D eigenvalue weighted by Crippen LogP contribution is -2.28. The lowest BCUT2D eigenvalue weighted by Gasteiger charge is -2.15. The number of aliphatic carboxylic acids is 1. The highest BCUT2D eigenvalue weighted by Gasteiger charge is 2.18. The minimum atomic E-state index is -0.875. The van der Waals surface area contributed by atoms with Crippen LogP contribution in [0.2, 0.25) is 0 Å². The molecule has 0 bridgehead atoms. The van der Waals surface area contributed by atoms with Crippen LogP contribution < -0.4 is 5.32 Å². The van der Waals surface area contributed by atoms with Gasteiger partial charge in [0, 0.05) is 18.9 Å². The lowest BCUT2D eigenvalue weighted by molar-refractivity contribution is -0.139. The van der Waals surface area contributed by atoms with Crippen LogP contribution in [-0.4, -0.2) is 16.1 Å². The van der Waals surface area contributed by atoms with E-state index in [4.69, 9.17) is 0 Å². The van der Waals surface area contributed by atoms with E-state index in [0.29, 0.717) is 6.54 Å². The Morgan fingerprint density at radius 3 is 2.68 bits per heavy atom. The van der Waals surface area contributed by atoms with Crippen LogP contribution in [0, 0.1) is 6.92 Å². The van der Waals surface area contributed by atoms with E-state index in [2.05, 4.69) is 10.3 Å². The molecule has 4 nitrogen and oxygen atoms in total. The zero-order chi connectivity index (χ0) is 13.7. The molecule has 0 fully saturated rings. The van der Waals surface area contributed by atoms with Crippen molar-refractivity contribution in [1.29, 1.82) is 0 Å². The van der Waals surface area contributed by atoms with Crippen LogP contribution in [0.3, 0.4) is 0 Å².